The molecule has 1 saturated carbocycles. The first-order valence-electron chi connectivity index (χ1n) is 6.47. The number of hydrogen-bond acceptors (Lipinski definition) is 3. The molecule has 1 aromatic heterocycles. The number of para-hydroxylation sites is 1. The van der Waals surface area contributed by atoms with Crippen molar-refractivity contribution in [3.05, 3.63) is 52.9 Å². The van der Waals surface area contributed by atoms with Gasteiger partial charge in [0.2, 0.25) is 0 Å². The van der Waals surface area contributed by atoms with Gasteiger partial charge in [-0.1, -0.05) is 17.7 Å². The summed E-state index contributed by atoms with van der Waals surface area (Å²) in [4.78, 5) is 13.4. The number of rotatable bonds is 5. The minimum atomic E-state index is -0.965. The lowest BCUT2D eigenvalue weighted by atomic mass is 10.1. The third-order valence-electron chi connectivity index (χ3n) is 3.40. The third-order valence-corrected chi connectivity index (χ3v) is 3.70. The summed E-state index contributed by atoms with van der Waals surface area (Å²) in [6.07, 6.45) is 3.71. The summed E-state index contributed by atoms with van der Waals surface area (Å²) in [6, 6.07) is 9.01. The second kappa shape index (κ2) is 5.21. The normalized spacial score (nSPS) is 14.2. The lowest BCUT2D eigenvalue weighted by Crippen LogP contribution is -2.27. The molecular weight excluding hydrogens is 278 g/mol. The minimum Gasteiger partial charge on any atom is -0.478 e. The quantitative estimate of drug-likeness (QED) is 0.910. The zero-order valence-corrected chi connectivity index (χ0v) is 11.5. The van der Waals surface area contributed by atoms with Crippen molar-refractivity contribution in [2.24, 2.45) is 0 Å². The van der Waals surface area contributed by atoms with Gasteiger partial charge in [0.25, 0.3) is 0 Å². The van der Waals surface area contributed by atoms with E-state index >= 15 is 0 Å². The van der Waals surface area contributed by atoms with Crippen LogP contribution in [-0.2, 0) is 6.54 Å². The minimum absolute atomic E-state index is 0.232. The molecule has 0 radical (unpaired) electrons. The first-order chi connectivity index (χ1) is 9.66. The Labute approximate surface area is 121 Å². The number of aromatic carboxylic acids is 1. The van der Waals surface area contributed by atoms with Crippen LogP contribution in [0.3, 0.4) is 0 Å². The molecule has 0 spiro atoms. The van der Waals surface area contributed by atoms with Crippen LogP contribution < -0.4 is 4.90 Å². The topological polar surface area (TPSA) is 53.7 Å². The number of benzene rings is 1. The van der Waals surface area contributed by atoms with Crippen LogP contribution in [-0.4, -0.2) is 17.1 Å². The number of carbonyl (C=O) groups is 1. The van der Waals surface area contributed by atoms with Crippen molar-refractivity contribution in [3.8, 4) is 0 Å². The van der Waals surface area contributed by atoms with E-state index in [2.05, 4.69) is 0 Å². The van der Waals surface area contributed by atoms with E-state index in [9.17, 15) is 9.90 Å². The molecule has 1 aliphatic carbocycles. The molecule has 0 unspecified atom stereocenters. The molecular formula is C15H14ClNO3. The highest BCUT2D eigenvalue weighted by atomic mass is 35.5. The van der Waals surface area contributed by atoms with Gasteiger partial charge in [-0.05, 0) is 37.1 Å². The maximum absolute atomic E-state index is 11.4. The van der Waals surface area contributed by atoms with E-state index in [0.29, 0.717) is 23.3 Å². The summed E-state index contributed by atoms with van der Waals surface area (Å²) in [7, 11) is 0. The number of carboxylic acids is 1. The molecule has 0 amide bonds. The van der Waals surface area contributed by atoms with E-state index in [1.54, 1.807) is 24.5 Å². The predicted molar refractivity (Wildman–Crippen MR) is 76.3 cm³/mol. The van der Waals surface area contributed by atoms with Crippen LogP contribution in [0.4, 0.5) is 5.69 Å². The fourth-order valence-corrected chi connectivity index (χ4v) is 2.61. The van der Waals surface area contributed by atoms with E-state index in [0.717, 1.165) is 18.6 Å². The van der Waals surface area contributed by atoms with E-state index < -0.39 is 5.97 Å². The van der Waals surface area contributed by atoms with Gasteiger partial charge in [-0.25, -0.2) is 4.79 Å². The van der Waals surface area contributed by atoms with Gasteiger partial charge in [-0.15, -0.1) is 0 Å². The van der Waals surface area contributed by atoms with Crippen molar-refractivity contribution in [2.45, 2.75) is 25.4 Å². The van der Waals surface area contributed by atoms with Crippen LogP contribution in [0.1, 0.15) is 29.0 Å². The summed E-state index contributed by atoms with van der Waals surface area (Å²) in [5.41, 5.74) is 0.816. The molecule has 1 heterocycles. The molecule has 0 bridgehead atoms. The van der Waals surface area contributed by atoms with Gasteiger partial charge in [-0.2, -0.15) is 0 Å². The standard InChI is InChI=1S/C15H14ClNO3/c16-13-5-1-4-12(15(18)19)14(13)17(10-6-7-10)9-11-3-2-8-20-11/h1-5,8,10H,6-7,9H2,(H,18,19). The van der Waals surface area contributed by atoms with Crippen LogP contribution in [0, 0.1) is 0 Å². The van der Waals surface area contributed by atoms with Crippen molar-refractivity contribution < 1.29 is 14.3 Å². The van der Waals surface area contributed by atoms with Crippen LogP contribution in [0.15, 0.2) is 41.0 Å². The van der Waals surface area contributed by atoms with E-state index in [-0.39, 0.29) is 5.56 Å². The Kier molecular flexibility index (Phi) is 3.40. The van der Waals surface area contributed by atoms with Crippen LogP contribution >= 0.6 is 11.6 Å². The fourth-order valence-electron chi connectivity index (χ4n) is 2.33. The monoisotopic (exact) mass is 291 g/mol. The number of anilines is 1. The zero-order valence-electron chi connectivity index (χ0n) is 10.8. The molecule has 2 aromatic rings. The van der Waals surface area contributed by atoms with Crippen molar-refractivity contribution in [1.29, 1.82) is 0 Å². The Bertz CT molecular complexity index is 620. The van der Waals surface area contributed by atoms with Crippen molar-refractivity contribution >= 4 is 23.3 Å². The molecule has 0 aliphatic heterocycles. The van der Waals surface area contributed by atoms with Crippen molar-refractivity contribution in [1.82, 2.24) is 0 Å². The molecule has 5 heteroatoms. The maximum Gasteiger partial charge on any atom is 0.337 e. The smallest absolute Gasteiger partial charge is 0.337 e. The molecule has 1 N–H and O–H groups in total. The van der Waals surface area contributed by atoms with E-state index in [1.807, 2.05) is 17.0 Å². The lowest BCUT2D eigenvalue weighted by Gasteiger charge is -2.26. The number of carboxylic acid groups (broad SMARTS) is 1. The second-order valence-corrected chi connectivity index (χ2v) is 5.29. The number of halogens is 1. The van der Waals surface area contributed by atoms with Gasteiger partial charge >= 0.3 is 5.97 Å². The Hall–Kier alpha value is -1.94. The Morgan fingerprint density at radius 2 is 2.15 bits per heavy atom. The molecule has 1 aromatic carbocycles. The van der Waals surface area contributed by atoms with E-state index in [4.69, 9.17) is 16.0 Å². The lowest BCUT2D eigenvalue weighted by molar-refractivity contribution is 0.0697. The number of hydrogen-bond donors (Lipinski definition) is 1. The fraction of sp³-hybridized carbons (Fsp3) is 0.267. The average molecular weight is 292 g/mol. The Morgan fingerprint density at radius 3 is 2.75 bits per heavy atom. The highest BCUT2D eigenvalue weighted by molar-refractivity contribution is 6.34. The summed E-state index contributed by atoms with van der Waals surface area (Å²) < 4.78 is 5.37. The summed E-state index contributed by atoms with van der Waals surface area (Å²) >= 11 is 6.24. The Morgan fingerprint density at radius 1 is 1.35 bits per heavy atom. The Balaban J connectivity index is 2.01. The summed E-state index contributed by atoms with van der Waals surface area (Å²) in [5.74, 6) is -0.166. The molecule has 1 fully saturated rings. The summed E-state index contributed by atoms with van der Waals surface area (Å²) in [6.45, 7) is 0.529. The van der Waals surface area contributed by atoms with Crippen LogP contribution in [0.2, 0.25) is 5.02 Å². The van der Waals surface area contributed by atoms with Crippen LogP contribution in [0.25, 0.3) is 0 Å². The molecule has 20 heavy (non-hydrogen) atoms. The predicted octanol–water partition coefficient (Wildman–Crippen LogP) is 3.80. The molecule has 0 atom stereocenters. The molecule has 1 aliphatic rings. The zero-order chi connectivity index (χ0) is 14.1. The van der Waals surface area contributed by atoms with E-state index in [1.165, 1.54) is 0 Å². The highest BCUT2D eigenvalue weighted by Gasteiger charge is 2.33. The van der Waals surface area contributed by atoms with Gasteiger partial charge in [0, 0.05) is 6.04 Å². The van der Waals surface area contributed by atoms with Gasteiger partial charge < -0.3 is 14.4 Å². The largest absolute Gasteiger partial charge is 0.478 e. The molecule has 104 valence electrons. The third kappa shape index (κ3) is 2.51. The highest BCUT2D eigenvalue weighted by Crippen LogP contribution is 2.39. The average Bonchev–Trinajstić information content (AvgIpc) is 3.13. The molecule has 0 saturated heterocycles. The van der Waals surface area contributed by atoms with Gasteiger partial charge in [0.15, 0.2) is 0 Å². The summed E-state index contributed by atoms with van der Waals surface area (Å²) in [5, 5.41) is 9.82. The van der Waals surface area contributed by atoms with Crippen molar-refractivity contribution in [3.63, 3.8) is 0 Å². The van der Waals surface area contributed by atoms with Crippen molar-refractivity contribution in [2.75, 3.05) is 4.90 Å². The first-order valence-corrected chi connectivity index (χ1v) is 6.85. The van der Waals surface area contributed by atoms with Crippen LogP contribution in [0.5, 0.6) is 0 Å². The maximum atomic E-state index is 11.4. The number of nitrogens with zero attached hydrogens (tertiary/aromatic N) is 1. The SMILES string of the molecule is O=C(O)c1cccc(Cl)c1N(Cc1ccco1)C1CC1. The van der Waals surface area contributed by atoms with Gasteiger partial charge in [-0.3, -0.25) is 0 Å². The first kappa shape index (κ1) is 13.1. The molecule has 4 nitrogen and oxygen atoms in total. The second-order valence-electron chi connectivity index (χ2n) is 4.88. The van der Waals surface area contributed by atoms with Gasteiger partial charge in [0.05, 0.1) is 29.1 Å². The molecule has 3 rings (SSSR count). The number of furan rings is 1. The van der Waals surface area contributed by atoms with Gasteiger partial charge in [0.1, 0.15) is 5.76 Å².